The number of hydrogen-bond donors (Lipinski definition) is 1. The van der Waals surface area contributed by atoms with Gasteiger partial charge >= 0.3 is 0 Å². The molecule has 0 spiro atoms. The number of benzene rings is 1. The highest BCUT2D eigenvalue weighted by Crippen LogP contribution is 2.27. The van der Waals surface area contributed by atoms with Crippen LogP contribution in [0.4, 0.5) is 5.69 Å². The first-order valence-corrected chi connectivity index (χ1v) is 9.59. The Kier molecular flexibility index (Phi) is 6.46. The maximum absolute atomic E-state index is 12.8. The molecule has 1 aliphatic rings. The molecular formula is C16H22N4O5S. The van der Waals surface area contributed by atoms with Crippen LogP contribution in [0.1, 0.15) is 6.92 Å². The predicted octanol–water partition coefficient (Wildman–Crippen LogP) is 0.592. The number of carbonyl (C=O) groups excluding carboxylic acids is 1. The SMILES string of the molecule is C=CCNC(=O)[C@H](C)N1CCN(S(=O)(=O)c2ccccc2[N+](=O)[O-])CC1. The lowest BCUT2D eigenvalue weighted by atomic mass is 10.2. The quantitative estimate of drug-likeness (QED) is 0.420. The third-order valence-electron chi connectivity index (χ3n) is 4.30. The number of para-hydroxylation sites is 1. The van der Waals surface area contributed by atoms with E-state index in [1.54, 1.807) is 13.0 Å². The molecule has 0 aliphatic carbocycles. The Morgan fingerprint density at radius 1 is 1.35 bits per heavy atom. The zero-order chi connectivity index (χ0) is 19.3. The van der Waals surface area contributed by atoms with Gasteiger partial charge in [-0.05, 0) is 13.0 Å². The fourth-order valence-corrected chi connectivity index (χ4v) is 4.36. The van der Waals surface area contributed by atoms with Crippen molar-refractivity contribution in [3.8, 4) is 0 Å². The summed E-state index contributed by atoms with van der Waals surface area (Å²) in [5.41, 5.74) is -0.438. The summed E-state index contributed by atoms with van der Waals surface area (Å²) >= 11 is 0. The molecule has 9 nitrogen and oxygen atoms in total. The topological polar surface area (TPSA) is 113 Å². The van der Waals surface area contributed by atoms with E-state index < -0.39 is 26.7 Å². The number of nitrogens with zero attached hydrogens (tertiary/aromatic N) is 3. The largest absolute Gasteiger partial charge is 0.351 e. The number of carbonyl (C=O) groups is 1. The number of piperazine rings is 1. The molecule has 10 heteroatoms. The summed E-state index contributed by atoms with van der Waals surface area (Å²) < 4.78 is 26.8. The minimum absolute atomic E-state index is 0.153. The van der Waals surface area contributed by atoms with Crippen LogP contribution < -0.4 is 5.32 Å². The van der Waals surface area contributed by atoms with Crippen LogP contribution in [0.25, 0.3) is 0 Å². The summed E-state index contributed by atoms with van der Waals surface area (Å²) in [5, 5.41) is 13.8. The first kappa shape index (κ1) is 20.0. The lowest BCUT2D eigenvalue weighted by Crippen LogP contribution is -2.54. The van der Waals surface area contributed by atoms with Crippen LogP contribution in [0, 0.1) is 10.1 Å². The molecular weight excluding hydrogens is 360 g/mol. The molecule has 1 amide bonds. The Balaban J connectivity index is 2.09. The molecule has 1 aliphatic heterocycles. The molecule has 0 radical (unpaired) electrons. The monoisotopic (exact) mass is 382 g/mol. The molecule has 1 atom stereocenters. The van der Waals surface area contributed by atoms with Gasteiger partial charge in [-0.15, -0.1) is 6.58 Å². The average molecular weight is 382 g/mol. The molecule has 1 saturated heterocycles. The van der Waals surface area contributed by atoms with Crippen molar-refractivity contribution in [2.24, 2.45) is 0 Å². The highest BCUT2D eigenvalue weighted by molar-refractivity contribution is 7.89. The molecule has 1 aromatic carbocycles. The summed E-state index contributed by atoms with van der Waals surface area (Å²) in [6.45, 7) is 6.71. The minimum Gasteiger partial charge on any atom is -0.351 e. The van der Waals surface area contributed by atoms with Crippen LogP contribution in [0.2, 0.25) is 0 Å². The van der Waals surface area contributed by atoms with Gasteiger partial charge in [-0.2, -0.15) is 4.31 Å². The number of nitro groups is 1. The maximum atomic E-state index is 12.8. The summed E-state index contributed by atoms with van der Waals surface area (Å²) in [7, 11) is -3.97. The van der Waals surface area contributed by atoms with Gasteiger partial charge in [0.15, 0.2) is 4.90 Å². The van der Waals surface area contributed by atoms with Crippen molar-refractivity contribution in [2.45, 2.75) is 17.9 Å². The van der Waals surface area contributed by atoms with E-state index in [1.807, 2.05) is 4.90 Å². The van der Waals surface area contributed by atoms with Crippen LogP contribution in [0.5, 0.6) is 0 Å². The van der Waals surface area contributed by atoms with E-state index in [1.165, 1.54) is 28.6 Å². The molecule has 0 aromatic heterocycles. The predicted molar refractivity (Wildman–Crippen MR) is 96.1 cm³/mol. The highest BCUT2D eigenvalue weighted by atomic mass is 32.2. The molecule has 0 bridgehead atoms. The van der Waals surface area contributed by atoms with E-state index in [9.17, 15) is 23.3 Å². The maximum Gasteiger partial charge on any atom is 0.289 e. The van der Waals surface area contributed by atoms with Crippen molar-refractivity contribution in [3.63, 3.8) is 0 Å². The van der Waals surface area contributed by atoms with Crippen molar-refractivity contribution < 1.29 is 18.1 Å². The van der Waals surface area contributed by atoms with Crippen molar-refractivity contribution in [3.05, 3.63) is 47.0 Å². The normalized spacial score (nSPS) is 17.4. The minimum atomic E-state index is -3.97. The van der Waals surface area contributed by atoms with E-state index in [0.717, 1.165) is 0 Å². The Bertz CT molecular complexity index is 788. The van der Waals surface area contributed by atoms with Crippen LogP contribution in [-0.2, 0) is 14.8 Å². The Morgan fingerprint density at radius 3 is 2.54 bits per heavy atom. The molecule has 1 N–H and O–H groups in total. The third kappa shape index (κ3) is 4.26. The van der Waals surface area contributed by atoms with E-state index in [0.29, 0.717) is 19.6 Å². The molecule has 26 heavy (non-hydrogen) atoms. The van der Waals surface area contributed by atoms with Gasteiger partial charge in [-0.25, -0.2) is 8.42 Å². The molecule has 2 rings (SSSR count). The van der Waals surface area contributed by atoms with Crippen LogP contribution in [0.15, 0.2) is 41.8 Å². The smallest absolute Gasteiger partial charge is 0.289 e. The van der Waals surface area contributed by atoms with Crippen molar-refractivity contribution in [1.29, 1.82) is 0 Å². The highest BCUT2D eigenvalue weighted by Gasteiger charge is 2.35. The van der Waals surface area contributed by atoms with Crippen LogP contribution in [-0.4, -0.2) is 67.2 Å². The standard InChI is InChI=1S/C16H22N4O5S/c1-3-8-17-16(21)13(2)18-9-11-19(12-10-18)26(24,25)15-7-5-4-6-14(15)20(22)23/h3-7,13H,1,8-12H2,2H3,(H,17,21)/t13-/m0/s1. The van der Waals surface area contributed by atoms with Crippen LogP contribution >= 0.6 is 0 Å². The lowest BCUT2D eigenvalue weighted by Gasteiger charge is -2.36. The molecule has 0 unspecified atom stereocenters. The second kappa shape index (κ2) is 8.39. The summed E-state index contributed by atoms with van der Waals surface area (Å²) in [6.07, 6.45) is 1.59. The molecule has 0 saturated carbocycles. The number of nitrogens with one attached hydrogen (secondary N) is 1. The molecule has 1 heterocycles. The summed E-state index contributed by atoms with van der Waals surface area (Å²) in [5.74, 6) is -0.153. The van der Waals surface area contributed by atoms with Crippen LogP contribution in [0.3, 0.4) is 0 Å². The van der Waals surface area contributed by atoms with Gasteiger partial charge in [0.2, 0.25) is 15.9 Å². The van der Waals surface area contributed by atoms with Gasteiger partial charge in [0.25, 0.3) is 5.69 Å². The van der Waals surface area contributed by atoms with Gasteiger partial charge in [-0.3, -0.25) is 19.8 Å². The number of sulfonamides is 1. The van der Waals surface area contributed by atoms with Crippen molar-refractivity contribution in [1.82, 2.24) is 14.5 Å². The zero-order valence-electron chi connectivity index (χ0n) is 14.5. The van der Waals surface area contributed by atoms with Gasteiger partial charge in [0, 0.05) is 38.8 Å². The summed E-state index contributed by atoms with van der Waals surface area (Å²) in [6, 6.07) is 4.91. The Labute approximate surface area is 152 Å². The van der Waals surface area contributed by atoms with E-state index >= 15 is 0 Å². The number of amides is 1. The van der Waals surface area contributed by atoms with Crippen molar-refractivity contribution >= 4 is 21.6 Å². The first-order chi connectivity index (χ1) is 12.3. The van der Waals surface area contributed by atoms with E-state index in [4.69, 9.17) is 0 Å². The molecule has 142 valence electrons. The average Bonchev–Trinajstić information content (AvgIpc) is 2.65. The number of nitro benzene ring substituents is 1. The molecule has 1 aromatic rings. The molecule has 1 fully saturated rings. The van der Waals surface area contributed by atoms with E-state index in [-0.39, 0.29) is 23.9 Å². The first-order valence-electron chi connectivity index (χ1n) is 8.15. The third-order valence-corrected chi connectivity index (χ3v) is 6.25. The van der Waals surface area contributed by atoms with Gasteiger partial charge in [0.1, 0.15) is 0 Å². The van der Waals surface area contributed by atoms with Gasteiger partial charge in [0.05, 0.1) is 11.0 Å². The fraction of sp³-hybridized carbons (Fsp3) is 0.438. The number of hydrogen-bond acceptors (Lipinski definition) is 6. The lowest BCUT2D eigenvalue weighted by molar-refractivity contribution is -0.387. The second-order valence-electron chi connectivity index (χ2n) is 5.87. The second-order valence-corrected chi connectivity index (χ2v) is 7.78. The zero-order valence-corrected chi connectivity index (χ0v) is 15.3. The number of rotatable bonds is 7. The Morgan fingerprint density at radius 2 is 1.96 bits per heavy atom. The van der Waals surface area contributed by atoms with Crippen molar-refractivity contribution in [2.75, 3.05) is 32.7 Å². The summed E-state index contributed by atoms with van der Waals surface area (Å²) in [4.78, 5) is 24.0. The fourth-order valence-electron chi connectivity index (χ4n) is 2.78. The van der Waals surface area contributed by atoms with E-state index in [2.05, 4.69) is 11.9 Å². The van der Waals surface area contributed by atoms with Gasteiger partial charge in [-0.1, -0.05) is 18.2 Å². The van der Waals surface area contributed by atoms with Gasteiger partial charge < -0.3 is 5.32 Å². The Hall–Kier alpha value is -2.30.